The molecule has 2 rings (SSSR count). The van der Waals surface area contributed by atoms with Crippen LogP contribution in [0.5, 0.6) is 0 Å². The number of nitrogens with one attached hydrogen (secondary N) is 2. The van der Waals surface area contributed by atoms with Crippen LogP contribution < -0.4 is 10.6 Å². The maximum Gasteiger partial charge on any atom is 0.337 e. The lowest BCUT2D eigenvalue weighted by Crippen LogP contribution is -2.38. The lowest BCUT2D eigenvalue weighted by atomic mass is 10.1. The summed E-state index contributed by atoms with van der Waals surface area (Å²) in [6.45, 7) is -0.785. The highest BCUT2D eigenvalue weighted by Gasteiger charge is 2.30. The monoisotopic (exact) mass is 295 g/mol. The molecule has 1 heterocycles. The molecule has 110 valence electrons. The fraction of sp³-hybridized carbons (Fsp3) is 0.167. The Morgan fingerprint density at radius 2 is 2.10 bits per heavy atom. The number of amides is 4. The first-order chi connectivity index (χ1) is 9.88. The normalized spacial score (nSPS) is 14.0. The largest absolute Gasteiger partial charge is 0.478 e. The minimum absolute atomic E-state index is 0.202. The van der Waals surface area contributed by atoms with Crippen molar-refractivity contribution < 1.29 is 28.7 Å². The van der Waals surface area contributed by atoms with Gasteiger partial charge < -0.3 is 15.7 Å². The number of carbonyl (C=O) groups excluding carboxylic acids is 3. The van der Waals surface area contributed by atoms with Gasteiger partial charge in [-0.3, -0.25) is 14.5 Å². The summed E-state index contributed by atoms with van der Waals surface area (Å²) in [6.07, 6.45) is 0. The Bertz CT molecular complexity index is 630. The zero-order valence-corrected chi connectivity index (χ0v) is 10.6. The molecule has 0 saturated carbocycles. The summed E-state index contributed by atoms with van der Waals surface area (Å²) in [7, 11) is 0. The van der Waals surface area contributed by atoms with Crippen molar-refractivity contribution in [3.05, 3.63) is 29.6 Å². The van der Waals surface area contributed by atoms with Crippen LogP contribution in [0, 0.1) is 5.82 Å². The lowest BCUT2D eigenvalue weighted by Gasteiger charge is -2.13. The van der Waals surface area contributed by atoms with E-state index >= 15 is 0 Å². The number of aromatic carboxylic acids is 1. The van der Waals surface area contributed by atoms with E-state index < -0.39 is 36.2 Å². The predicted octanol–water partition coefficient (Wildman–Crippen LogP) is 0.0142. The maximum atomic E-state index is 13.1. The van der Waals surface area contributed by atoms with E-state index in [1.54, 1.807) is 0 Å². The fourth-order valence-electron chi connectivity index (χ4n) is 1.76. The lowest BCUT2D eigenvalue weighted by molar-refractivity contribution is -0.128. The van der Waals surface area contributed by atoms with E-state index in [1.165, 1.54) is 0 Å². The summed E-state index contributed by atoms with van der Waals surface area (Å²) in [5.41, 5.74) is -0.554. The second-order valence-corrected chi connectivity index (χ2v) is 4.18. The van der Waals surface area contributed by atoms with Crippen LogP contribution in [0.4, 0.5) is 14.9 Å². The average Bonchev–Trinajstić information content (AvgIpc) is 2.70. The molecule has 8 nitrogen and oxygen atoms in total. The van der Waals surface area contributed by atoms with Crippen LogP contribution >= 0.6 is 0 Å². The van der Waals surface area contributed by atoms with Crippen molar-refractivity contribution in [2.75, 3.05) is 18.4 Å². The number of halogens is 1. The van der Waals surface area contributed by atoms with E-state index in [4.69, 9.17) is 5.11 Å². The molecule has 0 aliphatic carbocycles. The smallest absolute Gasteiger partial charge is 0.337 e. The topological polar surface area (TPSA) is 116 Å². The van der Waals surface area contributed by atoms with Crippen LogP contribution in [0.3, 0.4) is 0 Å². The number of hydrogen-bond donors (Lipinski definition) is 3. The third-order valence-electron chi connectivity index (χ3n) is 2.72. The molecule has 1 aromatic carbocycles. The van der Waals surface area contributed by atoms with Crippen molar-refractivity contribution in [2.45, 2.75) is 0 Å². The first kappa shape index (κ1) is 14.4. The molecule has 1 aromatic rings. The van der Waals surface area contributed by atoms with Gasteiger partial charge in [0.25, 0.3) is 5.91 Å². The molecule has 1 aliphatic heterocycles. The van der Waals surface area contributed by atoms with Crippen LogP contribution in [-0.2, 0) is 9.59 Å². The summed E-state index contributed by atoms with van der Waals surface area (Å²) in [6, 6.07) is 2.07. The second-order valence-electron chi connectivity index (χ2n) is 4.18. The van der Waals surface area contributed by atoms with Crippen LogP contribution in [0.15, 0.2) is 18.2 Å². The van der Waals surface area contributed by atoms with Crippen LogP contribution in [-0.4, -0.2) is 46.9 Å². The van der Waals surface area contributed by atoms with Gasteiger partial charge >= 0.3 is 12.0 Å². The number of nitrogens with zero attached hydrogens (tertiary/aromatic N) is 1. The Morgan fingerprint density at radius 3 is 2.67 bits per heavy atom. The van der Waals surface area contributed by atoms with Gasteiger partial charge in [0.2, 0.25) is 5.91 Å². The standard InChI is InChI=1S/C12H10FN3O5/c13-6-1-2-7(11(19)20)8(3-6)15-9(17)5-16-10(18)4-14-12(16)21/h1-3H,4-5H2,(H,14,21)(H,15,17)(H,19,20). The van der Waals surface area contributed by atoms with Crippen molar-refractivity contribution >= 4 is 29.5 Å². The number of imide groups is 1. The minimum atomic E-state index is -1.35. The van der Waals surface area contributed by atoms with E-state index in [0.717, 1.165) is 18.2 Å². The molecule has 0 spiro atoms. The first-order valence-electron chi connectivity index (χ1n) is 5.79. The van der Waals surface area contributed by atoms with Crippen LogP contribution in [0.1, 0.15) is 10.4 Å². The van der Waals surface area contributed by atoms with Gasteiger partial charge in [0, 0.05) is 0 Å². The van der Waals surface area contributed by atoms with E-state index in [-0.39, 0.29) is 17.8 Å². The molecular weight excluding hydrogens is 285 g/mol. The quantitative estimate of drug-likeness (QED) is 0.677. The number of carbonyl (C=O) groups is 4. The highest BCUT2D eigenvalue weighted by atomic mass is 19.1. The number of benzene rings is 1. The Kier molecular flexibility index (Phi) is 3.83. The van der Waals surface area contributed by atoms with Crippen molar-refractivity contribution in [1.29, 1.82) is 0 Å². The number of carboxylic acid groups (broad SMARTS) is 1. The fourth-order valence-corrected chi connectivity index (χ4v) is 1.76. The van der Waals surface area contributed by atoms with Gasteiger partial charge in [-0.25, -0.2) is 14.0 Å². The molecule has 0 unspecified atom stereocenters. The van der Waals surface area contributed by atoms with Gasteiger partial charge in [0.05, 0.1) is 17.8 Å². The highest BCUT2D eigenvalue weighted by molar-refractivity contribution is 6.07. The molecule has 0 aromatic heterocycles. The van der Waals surface area contributed by atoms with Crippen LogP contribution in [0.25, 0.3) is 0 Å². The molecule has 0 atom stereocenters. The molecule has 0 radical (unpaired) electrons. The maximum absolute atomic E-state index is 13.1. The van der Waals surface area contributed by atoms with Crippen molar-refractivity contribution in [3.63, 3.8) is 0 Å². The Hall–Kier alpha value is -2.97. The molecule has 1 saturated heterocycles. The summed E-state index contributed by atoms with van der Waals surface area (Å²) >= 11 is 0. The second kappa shape index (κ2) is 5.57. The van der Waals surface area contributed by atoms with Gasteiger partial charge in [-0.05, 0) is 18.2 Å². The minimum Gasteiger partial charge on any atom is -0.478 e. The number of anilines is 1. The molecule has 3 N–H and O–H groups in total. The number of carboxylic acids is 1. The van der Waals surface area contributed by atoms with Gasteiger partial charge in [-0.15, -0.1) is 0 Å². The molecular formula is C12H10FN3O5. The number of hydrogen-bond acceptors (Lipinski definition) is 4. The van der Waals surface area contributed by atoms with Gasteiger partial charge in [0.1, 0.15) is 12.4 Å². The molecule has 4 amide bonds. The predicted molar refractivity (Wildman–Crippen MR) is 67.1 cm³/mol. The third kappa shape index (κ3) is 3.14. The van der Waals surface area contributed by atoms with Crippen molar-refractivity contribution in [3.8, 4) is 0 Å². The van der Waals surface area contributed by atoms with Crippen molar-refractivity contribution in [2.24, 2.45) is 0 Å². The zero-order chi connectivity index (χ0) is 15.6. The van der Waals surface area contributed by atoms with E-state index in [1.807, 2.05) is 0 Å². The first-order valence-corrected chi connectivity index (χ1v) is 5.79. The Morgan fingerprint density at radius 1 is 1.38 bits per heavy atom. The molecule has 21 heavy (non-hydrogen) atoms. The van der Waals surface area contributed by atoms with Gasteiger partial charge in [-0.2, -0.15) is 0 Å². The summed E-state index contributed by atoms with van der Waals surface area (Å²) in [5, 5.41) is 13.3. The summed E-state index contributed by atoms with van der Waals surface area (Å²) in [4.78, 5) is 46.0. The average molecular weight is 295 g/mol. The van der Waals surface area contributed by atoms with E-state index in [9.17, 15) is 23.6 Å². The van der Waals surface area contributed by atoms with Gasteiger partial charge in [0.15, 0.2) is 0 Å². The summed E-state index contributed by atoms with van der Waals surface area (Å²) < 4.78 is 13.1. The van der Waals surface area contributed by atoms with E-state index in [0.29, 0.717) is 4.90 Å². The zero-order valence-electron chi connectivity index (χ0n) is 10.6. The van der Waals surface area contributed by atoms with Crippen LogP contribution in [0.2, 0.25) is 0 Å². The number of rotatable bonds is 4. The Balaban J connectivity index is 2.13. The van der Waals surface area contributed by atoms with Gasteiger partial charge in [-0.1, -0.05) is 0 Å². The number of urea groups is 1. The summed E-state index contributed by atoms with van der Waals surface area (Å²) in [5.74, 6) is -3.47. The molecule has 1 aliphatic rings. The third-order valence-corrected chi connectivity index (χ3v) is 2.72. The molecule has 9 heteroatoms. The Labute approximate surface area is 117 Å². The SMILES string of the molecule is O=C(CN1C(=O)CNC1=O)Nc1cc(F)ccc1C(=O)O. The van der Waals surface area contributed by atoms with Crippen molar-refractivity contribution in [1.82, 2.24) is 10.2 Å². The highest BCUT2D eigenvalue weighted by Crippen LogP contribution is 2.17. The van der Waals surface area contributed by atoms with E-state index in [2.05, 4.69) is 10.6 Å². The molecule has 1 fully saturated rings. The molecule has 0 bridgehead atoms.